The molecule has 0 aliphatic rings. The highest BCUT2D eigenvalue weighted by Crippen LogP contribution is 2.03. The number of carboxylic acid groups (broad SMARTS) is 2. The molecular formula is C13H19N5O6. The first-order valence-electron chi connectivity index (χ1n) is 7.05. The van der Waals surface area contributed by atoms with Crippen LogP contribution in [0.15, 0.2) is 12.5 Å². The number of H-pyrrole nitrogens is 1. The molecule has 0 saturated carbocycles. The van der Waals surface area contributed by atoms with E-state index in [9.17, 15) is 24.3 Å². The fourth-order valence-electron chi connectivity index (χ4n) is 1.88. The van der Waals surface area contributed by atoms with E-state index in [1.807, 2.05) is 0 Å². The molecule has 7 N–H and O–H groups in total. The predicted octanol–water partition coefficient (Wildman–Crippen LogP) is -2.17. The molecule has 1 rings (SSSR count). The van der Waals surface area contributed by atoms with Crippen molar-refractivity contribution in [2.75, 3.05) is 6.54 Å². The lowest BCUT2D eigenvalue weighted by molar-refractivity contribution is -0.142. The molecule has 2 atom stereocenters. The maximum Gasteiger partial charge on any atom is 0.326 e. The Kier molecular flexibility index (Phi) is 7.36. The Morgan fingerprint density at radius 1 is 1.21 bits per heavy atom. The SMILES string of the molecule is NCC(=O)NC(CCC(=O)O)C(=O)NC(Cc1cnc[nH]1)C(=O)O. The van der Waals surface area contributed by atoms with Crippen molar-refractivity contribution >= 4 is 23.8 Å². The maximum absolute atomic E-state index is 12.2. The van der Waals surface area contributed by atoms with Crippen LogP contribution in [0.3, 0.4) is 0 Å². The molecule has 11 nitrogen and oxygen atoms in total. The van der Waals surface area contributed by atoms with E-state index in [4.69, 9.17) is 10.8 Å². The summed E-state index contributed by atoms with van der Waals surface area (Å²) in [7, 11) is 0. The van der Waals surface area contributed by atoms with Gasteiger partial charge in [-0.25, -0.2) is 9.78 Å². The Bertz CT molecular complexity index is 588. The summed E-state index contributed by atoms with van der Waals surface area (Å²) in [6.45, 7) is -0.382. The molecule has 0 aliphatic heterocycles. The van der Waals surface area contributed by atoms with Gasteiger partial charge in [-0.2, -0.15) is 0 Å². The zero-order chi connectivity index (χ0) is 18.1. The van der Waals surface area contributed by atoms with Crippen molar-refractivity contribution in [2.24, 2.45) is 5.73 Å². The van der Waals surface area contributed by atoms with Gasteiger partial charge >= 0.3 is 11.9 Å². The zero-order valence-electron chi connectivity index (χ0n) is 12.7. The van der Waals surface area contributed by atoms with E-state index in [1.54, 1.807) is 0 Å². The molecule has 0 spiro atoms. The van der Waals surface area contributed by atoms with Gasteiger partial charge in [-0.1, -0.05) is 0 Å². The normalized spacial score (nSPS) is 12.9. The van der Waals surface area contributed by atoms with Crippen LogP contribution in [0.25, 0.3) is 0 Å². The fraction of sp³-hybridized carbons (Fsp3) is 0.462. The van der Waals surface area contributed by atoms with E-state index in [2.05, 4.69) is 20.6 Å². The smallest absolute Gasteiger partial charge is 0.326 e. The minimum Gasteiger partial charge on any atom is -0.481 e. The summed E-state index contributed by atoms with van der Waals surface area (Å²) in [4.78, 5) is 52.0. The standard InChI is InChI=1S/C13H19N5O6/c14-4-10(19)17-8(1-2-11(20)21)12(22)18-9(13(23)24)3-7-5-15-6-16-7/h5-6,8-9H,1-4,14H2,(H,15,16)(H,17,19)(H,18,22)(H,20,21)(H,23,24). The Labute approximate surface area is 136 Å². The molecule has 0 fully saturated rings. The van der Waals surface area contributed by atoms with Gasteiger partial charge in [0.25, 0.3) is 0 Å². The summed E-state index contributed by atoms with van der Waals surface area (Å²) in [5, 5.41) is 22.4. The summed E-state index contributed by atoms with van der Waals surface area (Å²) >= 11 is 0. The van der Waals surface area contributed by atoms with Crippen LogP contribution in [-0.4, -0.2) is 62.6 Å². The number of imidazole rings is 1. The molecule has 24 heavy (non-hydrogen) atoms. The second kappa shape index (κ2) is 9.25. The van der Waals surface area contributed by atoms with Gasteiger partial charge in [0.05, 0.1) is 12.9 Å². The van der Waals surface area contributed by atoms with Gasteiger partial charge in [0.15, 0.2) is 0 Å². The summed E-state index contributed by atoms with van der Waals surface area (Å²) in [5.74, 6) is -3.88. The van der Waals surface area contributed by atoms with Crippen LogP contribution >= 0.6 is 0 Å². The lowest BCUT2D eigenvalue weighted by Gasteiger charge is -2.20. The minimum atomic E-state index is -1.28. The minimum absolute atomic E-state index is 0.0441. The van der Waals surface area contributed by atoms with Crippen molar-refractivity contribution in [3.63, 3.8) is 0 Å². The van der Waals surface area contributed by atoms with E-state index in [0.29, 0.717) is 5.69 Å². The van der Waals surface area contributed by atoms with Crippen LogP contribution in [0.5, 0.6) is 0 Å². The topological polar surface area (TPSA) is 188 Å². The first-order chi connectivity index (χ1) is 11.3. The number of aliphatic carboxylic acids is 2. The lowest BCUT2D eigenvalue weighted by atomic mass is 10.1. The van der Waals surface area contributed by atoms with Crippen LogP contribution in [-0.2, 0) is 25.6 Å². The Morgan fingerprint density at radius 2 is 1.92 bits per heavy atom. The number of rotatable bonds is 10. The third kappa shape index (κ3) is 6.44. The Hall–Kier alpha value is -2.95. The Balaban J connectivity index is 2.75. The molecule has 11 heteroatoms. The van der Waals surface area contributed by atoms with E-state index >= 15 is 0 Å². The Morgan fingerprint density at radius 3 is 2.42 bits per heavy atom. The largest absolute Gasteiger partial charge is 0.481 e. The maximum atomic E-state index is 12.2. The number of hydrogen-bond acceptors (Lipinski definition) is 6. The number of nitrogens with zero attached hydrogens (tertiary/aromatic N) is 1. The second-order valence-electron chi connectivity index (χ2n) is 4.94. The molecule has 2 unspecified atom stereocenters. The van der Waals surface area contributed by atoms with Crippen LogP contribution in [0.4, 0.5) is 0 Å². The number of nitrogens with one attached hydrogen (secondary N) is 3. The van der Waals surface area contributed by atoms with Crippen LogP contribution in [0.2, 0.25) is 0 Å². The molecule has 0 saturated heterocycles. The summed E-state index contributed by atoms with van der Waals surface area (Å²) in [6.07, 6.45) is 2.18. The highest BCUT2D eigenvalue weighted by Gasteiger charge is 2.27. The number of nitrogens with two attached hydrogens (primary N) is 1. The number of carbonyl (C=O) groups is 4. The van der Waals surface area contributed by atoms with Crippen molar-refractivity contribution < 1.29 is 29.4 Å². The number of carboxylic acids is 2. The van der Waals surface area contributed by atoms with Gasteiger partial charge in [-0.15, -0.1) is 0 Å². The number of hydrogen-bond donors (Lipinski definition) is 6. The summed E-state index contributed by atoms with van der Waals surface area (Å²) in [6, 6.07) is -2.46. The van der Waals surface area contributed by atoms with Crippen LogP contribution in [0.1, 0.15) is 18.5 Å². The van der Waals surface area contributed by atoms with Crippen molar-refractivity contribution in [1.29, 1.82) is 0 Å². The van der Waals surface area contributed by atoms with Crippen LogP contribution in [0, 0.1) is 0 Å². The first-order valence-corrected chi connectivity index (χ1v) is 7.05. The van der Waals surface area contributed by atoms with Crippen LogP contribution < -0.4 is 16.4 Å². The van der Waals surface area contributed by atoms with Gasteiger partial charge in [0.2, 0.25) is 11.8 Å². The first kappa shape index (κ1) is 19.1. The second-order valence-corrected chi connectivity index (χ2v) is 4.94. The van der Waals surface area contributed by atoms with Gasteiger partial charge in [0, 0.05) is 24.7 Å². The molecular weight excluding hydrogens is 322 g/mol. The predicted molar refractivity (Wildman–Crippen MR) is 79.7 cm³/mol. The molecule has 1 aromatic heterocycles. The van der Waals surface area contributed by atoms with E-state index < -0.39 is 35.8 Å². The molecule has 2 amide bonds. The lowest BCUT2D eigenvalue weighted by Crippen LogP contribution is -2.53. The van der Waals surface area contributed by atoms with Crippen molar-refractivity contribution in [2.45, 2.75) is 31.3 Å². The number of aromatic nitrogens is 2. The fourth-order valence-corrected chi connectivity index (χ4v) is 1.88. The molecule has 1 heterocycles. The van der Waals surface area contributed by atoms with Gasteiger partial charge in [0.1, 0.15) is 12.1 Å². The number of carbonyl (C=O) groups excluding carboxylic acids is 2. The van der Waals surface area contributed by atoms with E-state index in [1.165, 1.54) is 12.5 Å². The van der Waals surface area contributed by atoms with Gasteiger partial charge < -0.3 is 31.6 Å². The highest BCUT2D eigenvalue weighted by atomic mass is 16.4. The summed E-state index contributed by atoms with van der Waals surface area (Å²) in [5.41, 5.74) is 5.65. The quantitative estimate of drug-likeness (QED) is 0.277. The molecule has 0 aromatic carbocycles. The van der Waals surface area contributed by atoms with Crippen molar-refractivity contribution in [3.05, 3.63) is 18.2 Å². The highest BCUT2D eigenvalue weighted by molar-refractivity contribution is 5.91. The zero-order valence-corrected chi connectivity index (χ0v) is 12.7. The monoisotopic (exact) mass is 341 g/mol. The molecule has 0 bridgehead atoms. The van der Waals surface area contributed by atoms with Crippen molar-refractivity contribution in [1.82, 2.24) is 20.6 Å². The number of amides is 2. The van der Waals surface area contributed by atoms with Gasteiger partial charge in [-0.05, 0) is 6.42 Å². The summed E-state index contributed by atoms with van der Waals surface area (Å²) < 4.78 is 0. The average Bonchev–Trinajstić information content (AvgIpc) is 3.02. The average molecular weight is 341 g/mol. The third-order valence-corrected chi connectivity index (χ3v) is 3.08. The van der Waals surface area contributed by atoms with Gasteiger partial charge in [-0.3, -0.25) is 14.4 Å². The molecule has 0 aliphatic carbocycles. The molecule has 0 radical (unpaired) electrons. The third-order valence-electron chi connectivity index (χ3n) is 3.08. The molecule has 1 aromatic rings. The van der Waals surface area contributed by atoms with E-state index in [-0.39, 0.29) is 25.8 Å². The van der Waals surface area contributed by atoms with Crippen molar-refractivity contribution in [3.8, 4) is 0 Å². The number of aromatic amines is 1. The van der Waals surface area contributed by atoms with E-state index in [0.717, 1.165) is 0 Å². The molecule has 132 valence electrons.